The highest BCUT2D eigenvalue weighted by Gasteiger charge is 2.28. The fourth-order valence-corrected chi connectivity index (χ4v) is 2.94. The first-order valence-corrected chi connectivity index (χ1v) is 7.65. The largest absolute Gasteiger partial charge is 0.388 e. The van der Waals surface area contributed by atoms with Gasteiger partial charge in [0, 0.05) is 16.6 Å². The molecule has 3 nitrogen and oxygen atoms in total. The molecule has 0 heterocycles. The maximum absolute atomic E-state index is 12.0. The molecule has 0 atom stereocenters. The van der Waals surface area contributed by atoms with Gasteiger partial charge in [-0.1, -0.05) is 47.7 Å². The maximum atomic E-state index is 12.0. The van der Waals surface area contributed by atoms with E-state index in [0.717, 1.165) is 30.2 Å². The predicted molar refractivity (Wildman–Crippen MR) is 79.1 cm³/mol. The monoisotopic (exact) mass is 325 g/mol. The van der Waals surface area contributed by atoms with Crippen LogP contribution in [0.2, 0.25) is 0 Å². The number of rotatable bonds is 3. The Bertz CT molecular complexity index is 440. The third kappa shape index (κ3) is 4.32. The van der Waals surface area contributed by atoms with Crippen molar-refractivity contribution in [1.29, 1.82) is 0 Å². The van der Waals surface area contributed by atoms with Gasteiger partial charge in [0.1, 0.15) is 0 Å². The molecule has 1 saturated carbocycles. The number of hydrogen-bond donors (Lipinski definition) is 2. The summed E-state index contributed by atoms with van der Waals surface area (Å²) in [6.07, 6.45) is 6.02. The Morgan fingerprint density at radius 3 is 2.58 bits per heavy atom. The minimum absolute atomic E-state index is 0.126. The van der Waals surface area contributed by atoms with Crippen LogP contribution in [0.5, 0.6) is 0 Å². The maximum Gasteiger partial charge on any atom is 0.251 e. The zero-order valence-electron chi connectivity index (χ0n) is 11.0. The second-order valence-electron chi connectivity index (χ2n) is 5.33. The molecule has 0 bridgehead atoms. The molecule has 1 aromatic rings. The van der Waals surface area contributed by atoms with E-state index in [1.807, 2.05) is 12.1 Å². The molecule has 1 fully saturated rings. The second kappa shape index (κ2) is 6.53. The molecule has 2 N–H and O–H groups in total. The first-order valence-electron chi connectivity index (χ1n) is 6.85. The van der Waals surface area contributed by atoms with Gasteiger partial charge in [-0.05, 0) is 31.0 Å². The summed E-state index contributed by atoms with van der Waals surface area (Å²) in [6, 6.07) is 7.28. The van der Waals surface area contributed by atoms with Crippen LogP contribution >= 0.6 is 15.9 Å². The van der Waals surface area contributed by atoms with Gasteiger partial charge >= 0.3 is 0 Å². The molecular formula is C15H20BrNO2. The van der Waals surface area contributed by atoms with Crippen LogP contribution in [0.15, 0.2) is 28.7 Å². The smallest absolute Gasteiger partial charge is 0.251 e. The van der Waals surface area contributed by atoms with E-state index in [1.165, 1.54) is 12.8 Å². The second-order valence-corrected chi connectivity index (χ2v) is 6.25. The minimum Gasteiger partial charge on any atom is -0.388 e. The summed E-state index contributed by atoms with van der Waals surface area (Å²) in [6.45, 7) is 0.346. The highest BCUT2D eigenvalue weighted by Crippen LogP contribution is 2.26. The van der Waals surface area contributed by atoms with Gasteiger partial charge in [-0.3, -0.25) is 4.79 Å². The third-order valence-corrected chi connectivity index (χ3v) is 4.19. The average Bonchev–Trinajstić information content (AvgIpc) is 2.61. The molecule has 0 aromatic heterocycles. The molecule has 2 rings (SSSR count). The van der Waals surface area contributed by atoms with E-state index in [4.69, 9.17) is 0 Å². The Balaban J connectivity index is 1.92. The molecule has 0 unspecified atom stereocenters. The van der Waals surface area contributed by atoms with E-state index in [1.54, 1.807) is 12.1 Å². The molecule has 1 aliphatic carbocycles. The quantitative estimate of drug-likeness (QED) is 0.838. The summed E-state index contributed by atoms with van der Waals surface area (Å²) < 4.78 is 0.883. The fraction of sp³-hybridized carbons (Fsp3) is 0.533. The standard InChI is InChI=1S/C15H20BrNO2/c16-13-7-5-6-12(10-13)14(18)17-11-15(19)8-3-1-2-4-9-15/h5-7,10,19H,1-4,8-9,11H2,(H,17,18). The molecule has 0 saturated heterocycles. The Hall–Kier alpha value is -0.870. The van der Waals surface area contributed by atoms with Gasteiger partial charge in [0.2, 0.25) is 0 Å². The molecular weight excluding hydrogens is 306 g/mol. The van der Waals surface area contributed by atoms with Crippen LogP contribution in [0, 0.1) is 0 Å². The third-order valence-electron chi connectivity index (χ3n) is 3.70. The number of benzene rings is 1. The number of halogens is 1. The van der Waals surface area contributed by atoms with Gasteiger partial charge in [0.25, 0.3) is 5.91 Å². The molecule has 1 aliphatic rings. The Kier molecular flexibility index (Phi) is 4.99. The van der Waals surface area contributed by atoms with Crippen LogP contribution in [0.4, 0.5) is 0 Å². The highest BCUT2D eigenvalue weighted by molar-refractivity contribution is 9.10. The van der Waals surface area contributed by atoms with Gasteiger partial charge in [0.05, 0.1) is 5.60 Å². The van der Waals surface area contributed by atoms with Crippen molar-refractivity contribution in [1.82, 2.24) is 5.32 Å². The van der Waals surface area contributed by atoms with E-state index < -0.39 is 5.60 Å². The van der Waals surface area contributed by atoms with Crippen LogP contribution in [-0.2, 0) is 0 Å². The average molecular weight is 326 g/mol. The van der Waals surface area contributed by atoms with Gasteiger partial charge in [-0.25, -0.2) is 0 Å². The van der Waals surface area contributed by atoms with E-state index in [9.17, 15) is 9.90 Å². The van der Waals surface area contributed by atoms with Crippen molar-refractivity contribution in [2.24, 2.45) is 0 Å². The number of amides is 1. The van der Waals surface area contributed by atoms with Crippen LogP contribution in [0.25, 0.3) is 0 Å². The van der Waals surface area contributed by atoms with Crippen molar-refractivity contribution in [2.45, 2.75) is 44.1 Å². The number of carbonyl (C=O) groups is 1. The van der Waals surface area contributed by atoms with Gasteiger partial charge in [-0.15, -0.1) is 0 Å². The Labute approximate surface area is 122 Å². The first kappa shape index (κ1) is 14.5. The number of nitrogens with one attached hydrogen (secondary N) is 1. The van der Waals surface area contributed by atoms with Crippen LogP contribution < -0.4 is 5.32 Å². The molecule has 0 radical (unpaired) electrons. The van der Waals surface area contributed by atoms with Crippen molar-refractivity contribution < 1.29 is 9.90 Å². The summed E-state index contributed by atoms with van der Waals surface area (Å²) in [4.78, 5) is 12.0. The van der Waals surface area contributed by atoms with Crippen LogP contribution in [0.3, 0.4) is 0 Å². The lowest BCUT2D eigenvalue weighted by Gasteiger charge is -2.26. The molecule has 1 aromatic carbocycles. The first-order chi connectivity index (χ1) is 9.09. The van der Waals surface area contributed by atoms with Gasteiger partial charge in [0.15, 0.2) is 0 Å². The zero-order valence-corrected chi connectivity index (χ0v) is 12.6. The zero-order chi connectivity index (χ0) is 13.7. The summed E-state index contributed by atoms with van der Waals surface area (Å²) >= 11 is 3.35. The van der Waals surface area contributed by atoms with E-state index in [0.29, 0.717) is 12.1 Å². The van der Waals surface area contributed by atoms with Crippen molar-refractivity contribution in [3.63, 3.8) is 0 Å². The summed E-state index contributed by atoms with van der Waals surface area (Å²) in [5, 5.41) is 13.3. The lowest BCUT2D eigenvalue weighted by atomic mass is 9.94. The summed E-state index contributed by atoms with van der Waals surface area (Å²) in [5.41, 5.74) is -0.107. The number of aliphatic hydroxyl groups is 1. The van der Waals surface area contributed by atoms with Crippen molar-refractivity contribution in [2.75, 3.05) is 6.54 Å². The van der Waals surface area contributed by atoms with Crippen molar-refractivity contribution >= 4 is 21.8 Å². The normalized spacial score (nSPS) is 18.6. The van der Waals surface area contributed by atoms with Crippen molar-refractivity contribution in [3.8, 4) is 0 Å². The van der Waals surface area contributed by atoms with Crippen molar-refractivity contribution in [3.05, 3.63) is 34.3 Å². The van der Waals surface area contributed by atoms with Gasteiger partial charge < -0.3 is 10.4 Å². The molecule has 1 amide bonds. The Morgan fingerprint density at radius 1 is 1.26 bits per heavy atom. The van der Waals surface area contributed by atoms with E-state index in [2.05, 4.69) is 21.2 Å². The lowest BCUT2D eigenvalue weighted by Crippen LogP contribution is -2.42. The van der Waals surface area contributed by atoms with Crippen LogP contribution in [0.1, 0.15) is 48.9 Å². The molecule has 19 heavy (non-hydrogen) atoms. The topological polar surface area (TPSA) is 49.3 Å². The van der Waals surface area contributed by atoms with Gasteiger partial charge in [-0.2, -0.15) is 0 Å². The lowest BCUT2D eigenvalue weighted by molar-refractivity contribution is 0.0246. The highest BCUT2D eigenvalue weighted by atomic mass is 79.9. The molecule has 0 aliphatic heterocycles. The van der Waals surface area contributed by atoms with Crippen LogP contribution in [-0.4, -0.2) is 23.2 Å². The summed E-state index contributed by atoms with van der Waals surface area (Å²) in [7, 11) is 0. The predicted octanol–water partition coefficient (Wildman–Crippen LogP) is 3.26. The minimum atomic E-state index is -0.724. The van der Waals surface area contributed by atoms with E-state index in [-0.39, 0.29) is 5.91 Å². The molecule has 0 spiro atoms. The SMILES string of the molecule is O=C(NCC1(O)CCCCCC1)c1cccc(Br)c1. The number of carbonyl (C=O) groups excluding carboxylic acids is 1. The number of hydrogen-bond acceptors (Lipinski definition) is 2. The van der Waals surface area contributed by atoms with E-state index >= 15 is 0 Å². The fourth-order valence-electron chi connectivity index (χ4n) is 2.54. The molecule has 104 valence electrons. The molecule has 4 heteroatoms. The summed E-state index contributed by atoms with van der Waals surface area (Å²) in [5.74, 6) is -0.126. The Morgan fingerprint density at radius 2 is 1.95 bits per heavy atom.